The van der Waals surface area contributed by atoms with Gasteiger partial charge in [0, 0.05) is 31.8 Å². The molecule has 0 saturated carbocycles. The summed E-state index contributed by atoms with van der Waals surface area (Å²) >= 11 is 0. The molecule has 0 unspecified atom stereocenters. The molecule has 2 saturated heterocycles. The fourth-order valence-electron chi connectivity index (χ4n) is 2.81. The van der Waals surface area contributed by atoms with Crippen LogP contribution < -0.4 is 0 Å². The first-order chi connectivity index (χ1) is 8.55. The van der Waals surface area contributed by atoms with Crippen molar-refractivity contribution in [2.24, 2.45) is 0 Å². The largest absolute Gasteiger partial charge is 0.376 e. The van der Waals surface area contributed by atoms with Crippen molar-refractivity contribution >= 4 is 0 Å². The SMILES string of the molecule is CC(C)(C)N1CC(OCCCN2CCCCC2)C1. The van der Waals surface area contributed by atoms with Crippen LogP contribution in [0.5, 0.6) is 0 Å². The molecule has 2 fully saturated rings. The van der Waals surface area contributed by atoms with Crippen molar-refractivity contribution in [3.63, 3.8) is 0 Å². The minimum atomic E-state index is 0.313. The third kappa shape index (κ3) is 4.22. The molecule has 3 nitrogen and oxygen atoms in total. The van der Waals surface area contributed by atoms with Crippen LogP contribution in [0.25, 0.3) is 0 Å². The summed E-state index contributed by atoms with van der Waals surface area (Å²) < 4.78 is 5.93. The van der Waals surface area contributed by atoms with E-state index in [4.69, 9.17) is 4.74 Å². The van der Waals surface area contributed by atoms with E-state index in [9.17, 15) is 0 Å². The molecule has 0 radical (unpaired) electrons. The van der Waals surface area contributed by atoms with Crippen LogP contribution in [0.4, 0.5) is 0 Å². The van der Waals surface area contributed by atoms with E-state index in [1.807, 2.05) is 0 Å². The number of nitrogens with zero attached hydrogens (tertiary/aromatic N) is 2. The standard InChI is InChI=1S/C15H30N2O/c1-15(2,3)17-12-14(13-17)18-11-7-10-16-8-5-4-6-9-16/h14H,4-13H2,1-3H3. The second-order valence-electron chi connectivity index (χ2n) is 6.82. The molecule has 2 aliphatic rings. The second-order valence-corrected chi connectivity index (χ2v) is 6.82. The summed E-state index contributed by atoms with van der Waals surface area (Å²) in [6.07, 6.45) is 5.91. The van der Waals surface area contributed by atoms with E-state index in [-0.39, 0.29) is 0 Å². The predicted octanol–water partition coefficient (Wildman–Crippen LogP) is 2.36. The number of piperidine rings is 1. The highest BCUT2D eigenvalue weighted by Gasteiger charge is 2.34. The van der Waals surface area contributed by atoms with Gasteiger partial charge in [0.05, 0.1) is 6.10 Å². The fraction of sp³-hybridized carbons (Fsp3) is 1.00. The van der Waals surface area contributed by atoms with Crippen molar-refractivity contribution in [2.45, 2.75) is 58.1 Å². The van der Waals surface area contributed by atoms with Crippen LogP contribution in [0.2, 0.25) is 0 Å². The van der Waals surface area contributed by atoms with Crippen molar-refractivity contribution in [3.8, 4) is 0 Å². The Balaban J connectivity index is 1.47. The van der Waals surface area contributed by atoms with E-state index in [1.54, 1.807) is 0 Å². The highest BCUT2D eigenvalue weighted by Crippen LogP contribution is 2.22. The molecule has 3 heteroatoms. The molecule has 0 aromatic carbocycles. The molecule has 0 N–H and O–H groups in total. The number of hydrogen-bond donors (Lipinski definition) is 0. The minimum Gasteiger partial charge on any atom is -0.376 e. The summed E-state index contributed by atoms with van der Waals surface area (Å²) in [5.41, 5.74) is 0.313. The molecule has 0 bridgehead atoms. The normalized spacial score (nSPS) is 24.2. The van der Waals surface area contributed by atoms with Gasteiger partial charge in [0.1, 0.15) is 0 Å². The van der Waals surface area contributed by atoms with Crippen molar-refractivity contribution in [3.05, 3.63) is 0 Å². The van der Waals surface area contributed by atoms with Gasteiger partial charge in [-0.05, 0) is 53.1 Å². The minimum absolute atomic E-state index is 0.313. The Kier molecular flexibility index (Phi) is 5.05. The average molecular weight is 254 g/mol. The Morgan fingerprint density at radius 1 is 1.06 bits per heavy atom. The molecule has 0 aromatic heterocycles. The molecule has 18 heavy (non-hydrogen) atoms. The van der Waals surface area contributed by atoms with E-state index in [0.29, 0.717) is 11.6 Å². The summed E-state index contributed by atoms with van der Waals surface area (Å²) in [7, 11) is 0. The summed E-state index contributed by atoms with van der Waals surface area (Å²) in [5, 5.41) is 0. The van der Waals surface area contributed by atoms with Crippen LogP contribution in [-0.4, -0.2) is 60.8 Å². The molecule has 2 aliphatic heterocycles. The molecule has 0 aromatic rings. The van der Waals surface area contributed by atoms with Crippen molar-refractivity contribution in [1.29, 1.82) is 0 Å². The monoisotopic (exact) mass is 254 g/mol. The lowest BCUT2D eigenvalue weighted by atomic mass is 9.99. The third-order valence-electron chi connectivity index (χ3n) is 4.22. The van der Waals surface area contributed by atoms with Crippen LogP contribution in [0, 0.1) is 0 Å². The lowest BCUT2D eigenvalue weighted by Crippen LogP contribution is -2.59. The highest BCUT2D eigenvalue weighted by atomic mass is 16.5. The number of hydrogen-bond acceptors (Lipinski definition) is 3. The first-order valence-corrected chi connectivity index (χ1v) is 7.65. The lowest BCUT2D eigenvalue weighted by Gasteiger charge is -2.47. The van der Waals surface area contributed by atoms with Crippen molar-refractivity contribution in [2.75, 3.05) is 39.3 Å². The van der Waals surface area contributed by atoms with E-state index in [0.717, 1.165) is 19.7 Å². The van der Waals surface area contributed by atoms with Crippen LogP contribution >= 0.6 is 0 Å². The van der Waals surface area contributed by atoms with E-state index in [1.165, 1.54) is 45.3 Å². The van der Waals surface area contributed by atoms with E-state index in [2.05, 4.69) is 30.6 Å². The number of ether oxygens (including phenoxy) is 1. The van der Waals surface area contributed by atoms with Gasteiger partial charge in [0.15, 0.2) is 0 Å². The maximum atomic E-state index is 5.93. The topological polar surface area (TPSA) is 15.7 Å². The molecule has 0 spiro atoms. The molecule has 2 rings (SSSR count). The summed E-state index contributed by atoms with van der Waals surface area (Å²) in [6.45, 7) is 13.9. The maximum absolute atomic E-state index is 5.93. The number of rotatable bonds is 5. The third-order valence-corrected chi connectivity index (χ3v) is 4.22. The van der Waals surface area contributed by atoms with Gasteiger partial charge in [-0.25, -0.2) is 0 Å². The Morgan fingerprint density at radius 3 is 2.33 bits per heavy atom. The van der Waals surface area contributed by atoms with Crippen molar-refractivity contribution in [1.82, 2.24) is 9.80 Å². The van der Waals surface area contributed by atoms with Gasteiger partial charge in [0.2, 0.25) is 0 Å². The van der Waals surface area contributed by atoms with Crippen LogP contribution in [-0.2, 0) is 4.74 Å². The van der Waals surface area contributed by atoms with Crippen LogP contribution in [0.1, 0.15) is 46.5 Å². The Labute approximate surface area is 112 Å². The van der Waals surface area contributed by atoms with Gasteiger partial charge in [-0.2, -0.15) is 0 Å². The van der Waals surface area contributed by atoms with Gasteiger partial charge >= 0.3 is 0 Å². The van der Waals surface area contributed by atoms with Crippen LogP contribution in [0.3, 0.4) is 0 Å². The van der Waals surface area contributed by atoms with Gasteiger partial charge in [0.25, 0.3) is 0 Å². The summed E-state index contributed by atoms with van der Waals surface area (Å²) in [4.78, 5) is 5.08. The average Bonchev–Trinajstić information content (AvgIpc) is 2.26. The smallest absolute Gasteiger partial charge is 0.0829 e. The molecule has 2 heterocycles. The lowest BCUT2D eigenvalue weighted by molar-refractivity contribution is -0.0898. The molecule has 106 valence electrons. The first kappa shape index (κ1) is 14.3. The molecular formula is C15H30N2O. The van der Waals surface area contributed by atoms with E-state index >= 15 is 0 Å². The highest BCUT2D eigenvalue weighted by molar-refractivity contribution is 4.89. The van der Waals surface area contributed by atoms with Crippen LogP contribution in [0.15, 0.2) is 0 Å². The quantitative estimate of drug-likeness (QED) is 0.701. The predicted molar refractivity (Wildman–Crippen MR) is 76.0 cm³/mol. The molecule has 0 atom stereocenters. The molecule has 0 aliphatic carbocycles. The van der Waals surface area contributed by atoms with Gasteiger partial charge in [-0.3, -0.25) is 4.90 Å². The number of likely N-dealkylation sites (tertiary alicyclic amines) is 2. The molecular weight excluding hydrogens is 224 g/mol. The first-order valence-electron chi connectivity index (χ1n) is 7.65. The Bertz CT molecular complexity index is 237. The molecule has 0 amide bonds. The zero-order valence-corrected chi connectivity index (χ0v) is 12.5. The maximum Gasteiger partial charge on any atom is 0.0829 e. The van der Waals surface area contributed by atoms with E-state index < -0.39 is 0 Å². The Morgan fingerprint density at radius 2 is 1.72 bits per heavy atom. The van der Waals surface area contributed by atoms with Gasteiger partial charge < -0.3 is 9.64 Å². The zero-order valence-electron chi connectivity index (χ0n) is 12.5. The van der Waals surface area contributed by atoms with Gasteiger partial charge in [-0.1, -0.05) is 6.42 Å². The van der Waals surface area contributed by atoms with Gasteiger partial charge in [-0.15, -0.1) is 0 Å². The zero-order chi connectivity index (χ0) is 13.0. The Hall–Kier alpha value is -0.120. The second kappa shape index (κ2) is 6.36. The summed E-state index contributed by atoms with van der Waals surface area (Å²) in [5.74, 6) is 0. The summed E-state index contributed by atoms with van der Waals surface area (Å²) in [6, 6.07) is 0. The fourth-order valence-corrected chi connectivity index (χ4v) is 2.81. The van der Waals surface area contributed by atoms with Crippen molar-refractivity contribution < 1.29 is 4.74 Å².